The maximum Gasteiger partial charge on any atom is 0.421 e. The van der Waals surface area contributed by atoms with Crippen LogP contribution in [0.5, 0.6) is 11.6 Å². The number of hydrogen-bond donors (Lipinski definition) is 1. The quantitative estimate of drug-likeness (QED) is 0.466. The number of nitriles is 1. The molecule has 0 saturated carbocycles. The van der Waals surface area contributed by atoms with Crippen molar-refractivity contribution in [1.82, 2.24) is 9.97 Å². The Hall–Kier alpha value is -4.17. The van der Waals surface area contributed by atoms with Gasteiger partial charge in [-0.15, -0.1) is 0 Å². The molecule has 0 aliphatic carbocycles. The fourth-order valence-electron chi connectivity index (χ4n) is 3.15. The van der Waals surface area contributed by atoms with Gasteiger partial charge in [0.15, 0.2) is 0 Å². The maximum atomic E-state index is 13.3. The number of benzene rings is 1. The van der Waals surface area contributed by atoms with Gasteiger partial charge in [-0.2, -0.15) is 18.4 Å². The average Bonchev–Trinajstić information content (AvgIpc) is 2.79. The van der Waals surface area contributed by atoms with E-state index in [0.29, 0.717) is 0 Å². The van der Waals surface area contributed by atoms with Crippen LogP contribution < -0.4 is 9.64 Å². The SMILES string of the molecule is CC(C)N(C(=O)c1ccc(Cl)cn1)c1cc(C#N)c(Oc2ncccc2C(F)(F)F)cc1C(=O)O. The number of alkyl halides is 3. The lowest BCUT2D eigenvalue weighted by Crippen LogP contribution is -2.38. The Morgan fingerprint density at radius 1 is 1.20 bits per heavy atom. The van der Waals surface area contributed by atoms with Gasteiger partial charge in [0.25, 0.3) is 5.91 Å². The zero-order chi connectivity index (χ0) is 25.9. The number of carboxylic acids is 1. The molecule has 1 N–H and O–H groups in total. The fourth-order valence-corrected chi connectivity index (χ4v) is 3.26. The van der Waals surface area contributed by atoms with Gasteiger partial charge in [-0.3, -0.25) is 4.79 Å². The lowest BCUT2D eigenvalue weighted by atomic mass is 10.0. The summed E-state index contributed by atoms with van der Waals surface area (Å²) in [6.45, 7) is 3.22. The van der Waals surface area contributed by atoms with Crippen LogP contribution in [-0.2, 0) is 6.18 Å². The van der Waals surface area contributed by atoms with Crippen LogP contribution in [0.4, 0.5) is 18.9 Å². The minimum atomic E-state index is -4.81. The molecule has 0 aliphatic heterocycles. The number of hydrogen-bond acceptors (Lipinski definition) is 6. The van der Waals surface area contributed by atoms with Crippen molar-refractivity contribution in [3.8, 4) is 17.7 Å². The zero-order valence-electron chi connectivity index (χ0n) is 18.2. The molecule has 180 valence electrons. The first-order valence-electron chi connectivity index (χ1n) is 9.90. The predicted octanol–water partition coefficient (Wildman–Crippen LogP) is 5.57. The number of amides is 1. The zero-order valence-corrected chi connectivity index (χ0v) is 18.9. The minimum absolute atomic E-state index is 0.0402. The molecule has 2 heterocycles. The molecule has 35 heavy (non-hydrogen) atoms. The molecule has 0 unspecified atom stereocenters. The maximum absolute atomic E-state index is 13.3. The summed E-state index contributed by atoms with van der Waals surface area (Å²) in [6.07, 6.45) is -2.51. The molecule has 0 radical (unpaired) electrons. The highest BCUT2D eigenvalue weighted by Gasteiger charge is 2.36. The second-order valence-electron chi connectivity index (χ2n) is 7.37. The van der Waals surface area contributed by atoms with Crippen molar-refractivity contribution in [2.24, 2.45) is 0 Å². The van der Waals surface area contributed by atoms with Crippen LogP contribution in [0.1, 0.15) is 45.8 Å². The van der Waals surface area contributed by atoms with E-state index in [1.54, 1.807) is 19.9 Å². The standard InChI is InChI=1S/C23H16ClF3N4O4/c1-12(2)31(21(32)17-6-5-14(24)11-30-17)18-8-13(10-28)19(9-15(18)22(33)34)35-20-16(23(25,26)27)4-3-7-29-20/h3-9,11-12H,1-2H3,(H,33,34). The number of carbonyl (C=O) groups is 2. The second-order valence-corrected chi connectivity index (χ2v) is 7.81. The normalized spacial score (nSPS) is 11.1. The Balaban J connectivity index is 2.16. The molecule has 2 aromatic heterocycles. The van der Waals surface area contributed by atoms with Crippen LogP contribution in [0.2, 0.25) is 5.02 Å². The molecule has 12 heteroatoms. The van der Waals surface area contributed by atoms with Gasteiger partial charge in [0.05, 0.1) is 21.8 Å². The Kier molecular flexibility index (Phi) is 7.26. The number of ether oxygens (including phenoxy) is 1. The van der Waals surface area contributed by atoms with Crippen molar-refractivity contribution >= 4 is 29.2 Å². The molecule has 0 fully saturated rings. The molecule has 1 amide bonds. The van der Waals surface area contributed by atoms with E-state index in [1.807, 2.05) is 0 Å². The van der Waals surface area contributed by atoms with E-state index in [4.69, 9.17) is 16.3 Å². The average molecular weight is 505 g/mol. The number of nitrogens with zero attached hydrogens (tertiary/aromatic N) is 4. The van der Waals surface area contributed by atoms with Gasteiger partial charge in [-0.25, -0.2) is 14.8 Å². The first-order chi connectivity index (χ1) is 16.4. The molecule has 0 aliphatic rings. The van der Waals surface area contributed by atoms with Crippen LogP contribution in [0.3, 0.4) is 0 Å². The third-order valence-corrected chi connectivity index (χ3v) is 4.90. The van der Waals surface area contributed by atoms with Gasteiger partial charge < -0.3 is 14.7 Å². The van der Waals surface area contributed by atoms with Crippen molar-refractivity contribution in [1.29, 1.82) is 5.26 Å². The number of carboxylic acid groups (broad SMARTS) is 1. The summed E-state index contributed by atoms with van der Waals surface area (Å²) >= 11 is 5.81. The molecule has 0 saturated heterocycles. The largest absolute Gasteiger partial charge is 0.478 e. The summed E-state index contributed by atoms with van der Waals surface area (Å²) in [4.78, 5) is 33.9. The van der Waals surface area contributed by atoms with E-state index < -0.39 is 46.9 Å². The molecule has 1 aromatic carbocycles. The van der Waals surface area contributed by atoms with Gasteiger partial charge in [-0.05, 0) is 50.2 Å². The first-order valence-corrected chi connectivity index (χ1v) is 10.3. The van der Waals surface area contributed by atoms with Crippen LogP contribution >= 0.6 is 11.6 Å². The van der Waals surface area contributed by atoms with E-state index in [0.717, 1.165) is 35.4 Å². The summed E-state index contributed by atoms with van der Waals surface area (Å²) in [7, 11) is 0. The topological polar surface area (TPSA) is 116 Å². The van der Waals surface area contributed by atoms with Gasteiger partial charge >= 0.3 is 12.1 Å². The van der Waals surface area contributed by atoms with Gasteiger partial charge in [0, 0.05) is 18.4 Å². The fraction of sp³-hybridized carbons (Fsp3) is 0.174. The van der Waals surface area contributed by atoms with Crippen molar-refractivity contribution < 1.29 is 32.6 Å². The molecule has 0 atom stereocenters. The van der Waals surface area contributed by atoms with Crippen LogP contribution in [0.25, 0.3) is 0 Å². The first kappa shape index (κ1) is 25.5. The monoisotopic (exact) mass is 504 g/mol. The van der Waals surface area contributed by atoms with Crippen molar-refractivity contribution in [2.45, 2.75) is 26.1 Å². The summed E-state index contributed by atoms with van der Waals surface area (Å²) < 4.78 is 45.3. The molecule has 3 rings (SSSR count). The smallest absolute Gasteiger partial charge is 0.421 e. The summed E-state index contributed by atoms with van der Waals surface area (Å²) in [5.41, 5.74) is -2.22. The third kappa shape index (κ3) is 5.50. The number of halogens is 4. The Labute approximate surface area is 202 Å². The second kappa shape index (κ2) is 9.99. The Morgan fingerprint density at radius 3 is 2.46 bits per heavy atom. The van der Waals surface area contributed by atoms with Crippen molar-refractivity contribution in [3.63, 3.8) is 0 Å². The minimum Gasteiger partial charge on any atom is -0.478 e. The summed E-state index contributed by atoms with van der Waals surface area (Å²) in [5, 5.41) is 19.7. The molecule has 8 nitrogen and oxygen atoms in total. The van der Waals surface area contributed by atoms with Gasteiger partial charge in [0.1, 0.15) is 23.1 Å². The number of aromatic carboxylic acids is 1. The van der Waals surface area contributed by atoms with E-state index in [-0.39, 0.29) is 22.0 Å². The van der Waals surface area contributed by atoms with E-state index in [2.05, 4.69) is 9.97 Å². The van der Waals surface area contributed by atoms with Gasteiger partial charge in [0.2, 0.25) is 5.88 Å². The molecule has 3 aromatic rings. The number of pyridine rings is 2. The molecule has 0 bridgehead atoms. The predicted molar refractivity (Wildman–Crippen MR) is 119 cm³/mol. The number of rotatable bonds is 6. The lowest BCUT2D eigenvalue weighted by Gasteiger charge is -2.28. The van der Waals surface area contributed by atoms with Crippen molar-refractivity contribution in [3.05, 3.63) is 76.2 Å². The Bertz CT molecular complexity index is 1320. The van der Waals surface area contributed by atoms with Crippen LogP contribution in [-0.4, -0.2) is 33.0 Å². The molecule has 0 spiro atoms. The summed E-state index contributed by atoms with van der Waals surface area (Å²) in [6, 6.07) is 7.68. The number of aromatic nitrogens is 2. The third-order valence-electron chi connectivity index (χ3n) is 4.67. The number of carbonyl (C=O) groups excluding carboxylic acids is 1. The highest BCUT2D eigenvalue weighted by Crippen LogP contribution is 2.39. The Morgan fingerprint density at radius 2 is 1.91 bits per heavy atom. The van der Waals surface area contributed by atoms with Gasteiger partial charge in [-0.1, -0.05) is 11.6 Å². The molecular weight excluding hydrogens is 489 g/mol. The summed E-state index contributed by atoms with van der Waals surface area (Å²) in [5.74, 6) is -3.52. The molecular formula is C23H16ClF3N4O4. The van der Waals surface area contributed by atoms with E-state index >= 15 is 0 Å². The van der Waals surface area contributed by atoms with E-state index in [9.17, 15) is 33.1 Å². The van der Waals surface area contributed by atoms with Crippen molar-refractivity contribution in [2.75, 3.05) is 4.90 Å². The van der Waals surface area contributed by atoms with Crippen LogP contribution in [0.15, 0.2) is 48.8 Å². The highest BCUT2D eigenvalue weighted by atomic mass is 35.5. The van der Waals surface area contributed by atoms with Crippen LogP contribution in [0, 0.1) is 11.3 Å². The lowest BCUT2D eigenvalue weighted by molar-refractivity contribution is -0.138. The highest BCUT2D eigenvalue weighted by molar-refractivity contribution is 6.30. The number of anilines is 1. The van der Waals surface area contributed by atoms with E-state index in [1.165, 1.54) is 18.3 Å².